The summed E-state index contributed by atoms with van der Waals surface area (Å²) in [6.45, 7) is 0. The van der Waals surface area contributed by atoms with E-state index in [1.54, 1.807) is 0 Å². The van der Waals surface area contributed by atoms with E-state index in [2.05, 4.69) is 23.2 Å². The second-order valence-corrected chi connectivity index (χ2v) is 3.94. The van der Waals surface area contributed by atoms with Crippen molar-refractivity contribution in [3.8, 4) is 17.2 Å². The van der Waals surface area contributed by atoms with E-state index >= 15 is 0 Å². The number of aromatic nitrogens is 1. The van der Waals surface area contributed by atoms with Crippen molar-refractivity contribution in [2.24, 2.45) is 0 Å². The van der Waals surface area contributed by atoms with Crippen LogP contribution < -0.4 is 0 Å². The number of fused-ring (bicyclic) bond motifs is 1. The van der Waals surface area contributed by atoms with E-state index in [0.717, 1.165) is 16.6 Å². The predicted molar refractivity (Wildman–Crippen MR) is 68.4 cm³/mol. The van der Waals surface area contributed by atoms with Gasteiger partial charge in [0.05, 0.1) is 11.6 Å². The number of hydrogen-bond acceptors (Lipinski definition) is 1. The summed E-state index contributed by atoms with van der Waals surface area (Å²) in [6, 6.07) is 18.1. The maximum absolute atomic E-state index is 8.93. The molecule has 3 rings (SSSR count). The molecule has 0 saturated heterocycles. The number of nitrogens with one attached hydrogen (secondary N) is 1. The van der Waals surface area contributed by atoms with Crippen LogP contribution >= 0.6 is 0 Å². The molecule has 3 aromatic rings. The number of benzene rings is 2. The summed E-state index contributed by atoms with van der Waals surface area (Å²) in [6.07, 6.45) is 1.93. The second-order valence-electron chi connectivity index (χ2n) is 3.94. The molecule has 0 amide bonds. The van der Waals surface area contributed by atoms with Gasteiger partial charge >= 0.3 is 0 Å². The molecule has 0 aliphatic rings. The Balaban J connectivity index is 2.27. The number of hydrogen-bond donors (Lipinski definition) is 1. The van der Waals surface area contributed by atoms with Gasteiger partial charge in [-0.05, 0) is 35.4 Å². The molecule has 0 aliphatic heterocycles. The highest BCUT2D eigenvalue weighted by Crippen LogP contribution is 2.28. The summed E-state index contributed by atoms with van der Waals surface area (Å²) in [5.74, 6) is 0. The van der Waals surface area contributed by atoms with E-state index in [4.69, 9.17) is 5.26 Å². The zero-order valence-electron chi connectivity index (χ0n) is 9.14. The van der Waals surface area contributed by atoms with E-state index in [-0.39, 0.29) is 0 Å². The van der Waals surface area contributed by atoms with Crippen LogP contribution in [-0.4, -0.2) is 4.98 Å². The molecule has 0 atom stereocenters. The highest BCUT2D eigenvalue weighted by molar-refractivity contribution is 5.95. The number of H-pyrrole nitrogens is 1. The fraction of sp³-hybridized carbons (Fsp3) is 0. The molecule has 0 unspecified atom stereocenters. The van der Waals surface area contributed by atoms with Crippen molar-refractivity contribution in [3.05, 3.63) is 60.3 Å². The highest BCUT2D eigenvalue weighted by Gasteiger charge is 2.04. The van der Waals surface area contributed by atoms with Crippen molar-refractivity contribution in [3.63, 3.8) is 0 Å². The summed E-state index contributed by atoms with van der Waals surface area (Å²) in [5, 5.41) is 10.1. The van der Waals surface area contributed by atoms with Gasteiger partial charge in [-0.1, -0.05) is 24.3 Å². The number of nitriles is 1. The predicted octanol–water partition coefficient (Wildman–Crippen LogP) is 3.71. The molecule has 0 bridgehead atoms. The lowest BCUT2D eigenvalue weighted by molar-refractivity contribution is 1.47. The summed E-state index contributed by atoms with van der Waals surface area (Å²) < 4.78 is 0. The average molecular weight is 218 g/mol. The molecule has 1 aromatic heterocycles. The summed E-state index contributed by atoms with van der Waals surface area (Å²) in [7, 11) is 0. The molecular formula is C15H10N2. The molecule has 1 heterocycles. The van der Waals surface area contributed by atoms with E-state index in [1.807, 2.05) is 42.6 Å². The molecule has 1 N–H and O–H groups in total. The van der Waals surface area contributed by atoms with Crippen LogP contribution in [0.3, 0.4) is 0 Å². The standard InChI is InChI=1S/C15H10N2/c16-10-11-3-1-4-12(9-11)13-5-2-6-15-14(13)7-8-17-15/h1-9,17H. The zero-order chi connectivity index (χ0) is 11.7. The van der Waals surface area contributed by atoms with E-state index < -0.39 is 0 Å². The first kappa shape index (κ1) is 9.68. The largest absolute Gasteiger partial charge is 0.361 e. The molecule has 0 radical (unpaired) electrons. The van der Waals surface area contributed by atoms with Gasteiger partial charge in [-0.3, -0.25) is 0 Å². The third-order valence-corrected chi connectivity index (χ3v) is 2.90. The molecular weight excluding hydrogens is 208 g/mol. The molecule has 0 fully saturated rings. The van der Waals surface area contributed by atoms with Gasteiger partial charge in [-0.25, -0.2) is 0 Å². The van der Waals surface area contributed by atoms with Crippen LogP contribution in [0.5, 0.6) is 0 Å². The Bertz CT molecular complexity index is 717. The van der Waals surface area contributed by atoms with Gasteiger partial charge in [0.15, 0.2) is 0 Å². The second kappa shape index (κ2) is 3.80. The van der Waals surface area contributed by atoms with Gasteiger partial charge in [-0.2, -0.15) is 5.26 Å². The van der Waals surface area contributed by atoms with Crippen molar-refractivity contribution in [2.75, 3.05) is 0 Å². The van der Waals surface area contributed by atoms with Crippen molar-refractivity contribution < 1.29 is 0 Å². The zero-order valence-corrected chi connectivity index (χ0v) is 9.14. The Morgan fingerprint density at radius 1 is 1.00 bits per heavy atom. The number of aromatic amines is 1. The SMILES string of the molecule is N#Cc1cccc(-c2cccc3[nH]ccc23)c1. The maximum atomic E-state index is 8.93. The topological polar surface area (TPSA) is 39.6 Å². The van der Waals surface area contributed by atoms with Gasteiger partial charge in [0.1, 0.15) is 0 Å². The first-order valence-corrected chi connectivity index (χ1v) is 5.45. The van der Waals surface area contributed by atoms with Crippen LogP contribution in [0.25, 0.3) is 22.0 Å². The quantitative estimate of drug-likeness (QED) is 0.664. The van der Waals surface area contributed by atoms with Gasteiger partial charge in [0.25, 0.3) is 0 Å². The summed E-state index contributed by atoms with van der Waals surface area (Å²) in [5.41, 5.74) is 4.04. The lowest BCUT2D eigenvalue weighted by atomic mass is 10.0. The van der Waals surface area contributed by atoms with Crippen LogP contribution in [0.15, 0.2) is 54.7 Å². The summed E-state index contributed by atoms with van der Waals surface area (Å²) in [4.78, 5) is 3.19. The van der Waals surface area contributed by atoms with Crippen LogP contribution in [0.4, 0.5) is 0 Å². The Kier molecular flexibility index (Phi) is 2.16. The van der Waals surface area contributed by atoms with E-state index in [0.29, 0.717) is 5.56 Å². The van der Waals surface area contributed by atoms with Crippen molar-refractivity contribution >= 4 is 10.9 Å². The molecule has 17 heavy (non-hydrogen) atoms. The molecule has 2 nitrogen and oxygen atoms in total. The van der Waals surface area contributed by atoms with Gasteiger partial charge < -0.3 is 4.98 Å². The van der Waals surface area contributed by atoms with Gasteiger partial charge in [0.2, 0.25) is 0 Å². The Morgan fingerprint density at radius 3 is 2.76 bits per heavy atom. The monoisotopic (exact) mass is 218 g/mol. The molecule has 2 heteroatoms. The number of nitrogens with zero attached hydrogens (tertiary/aromatic N) is 1. The highest BCUT2D eigenvalue weighted by atomic mass is 14.7. The first-order chi connectivity index (χ1) is 8.38. The van der Waals surface area contributed by atoms with Crippen molar-refractivity contribution in [1.82, 2.24) is 4.98 Å². The number of rotatable bonds is 1. The smallest absolute Gasteiger partial charge is 0.0991 e. The molecule has 0 aliphatic carbocycles. The lowest BCUT2D eigenvalue weighted by Gasteiger charge is -2.03. The van der Waals surface area contributed by atoms with Crippen LogP contribution in [0.1, 0.15) is 5.56 Å². The minimum absolute atomic E-state index is 0.690. The maximum Gasteiger partial charge on any atom is 0.0991 e. The van der Waals surface area contributed by atoms with Crippen molar-refractivity contribution in [2.45, 2.75) is 0 Å². The van der Waals surface area contributed by atoms with Crippen molar-refractivity contribution in [1.29, 1.82) is 5.26 Å². The lowest BCUT2D eigenvalue weighted by Crippen LogP contribution is -1.81. The fourth-order valence-electron chi connectivity index (χ4n) is 2.09. The summed E-state index contributed by atoms with van der Waals surface area (Å²) >= 11 is 0. The van der Waals surface area contributed by atoms with Crippen LogP contribution in [-0.2, 0) is 0 Å². The average Bonchev–Trinajstić information content (AvgIpc) is 2.87. The Hall–Kier alpha value is -2.53. The minimum atomic E-state index is 0.690. The molecule has 80 valence electrons. The van der Waals surface area contributed by atoms with E-state index in [1.165, 1.54) is 5.39 Å². The molecule has 0 spiro atoms. The molecule has 2 aromatic carbocycles. The van der Waals surface area contributed by atoms with Gasteiger partial charge in [-0.15, -0.1) is 0 Å². The third kappa shape index (κ3) is 1.58. The third-order valence-electron chi connectivity index (χ3n) is 2.90. The van der Waals surface area contributed by atoms with Crippen LogP contribution in [0, 0.1) is 11.3 Å². The normalized spacial score (nSPS) is 10.3. The first-order valence-electron chi connectivity index (χ1n) is 5.45. The minimum Gasteiger partial charge on any atom is -0.361 e. The van der Waals surface area contributed by atoms with Crippen LogP contribution in [0.2, 0.25) is 0 Å². The Labute approximate surface area is 99.1 Å². The van der Waals surface area contributed by atoms with E-state index in [9.17, 15) is 0 Å². The molecule has 0 saturated carbocycles. The fourth-order valence-corrected chi connectivity index (χ4v) is 2.09. The Morgan fingerprint density at radius 2 is 1.88 bits per heavy atom. The van der Waals surface area contributed by atoms with Gasteiger partial charge in [0, 0.05) is 17.1 Å².